The van der Waals surface area contributed by atoms with Crippen LogP contribution in [0.3, 0.4) is 0 Å². The summed E-state index contributed by atoms with van der Waals surface area (Å²) in [6.07, 6.45) is 2.99. The first kappa shape index (κ1) is 20.5. The molecule has 1 N–H and O–H groups in total. The number of imidazole rings is 1. The van der Waals surface area contributed by atoms with Crippen LogP contribution in [-0.2, 0) is 0 Å². The van der Waals surface area contributed by atoms with E-state index < -0.39 is 11.8 Å². The second-order valence-electron chi connectivity index (χ2n) is 7.32. The fraction of sp³-hybridized carbons (Fsp3) is 0.0417. The van der Waals surface area contributed by atoms with Crippen LogP contribution in [0.1, 0.15) is 21.9 Å². The van der Waals surface area contributed by atoms with Gasteiger partial charge in [-0.3, -0.25) is 9.55 Å². The molecule has 9 heteroatoms. The average Bonchev–Trinajstić information content (AvgIpc) is 3.15. The fourth-order valence-electron chi connectivity index (χ4n) is 3.96. The van der Waals surface area contributed by atoms with Crippen LogP contribution in [0.25, 0.3) is 38.8 Å². The van der Waals surface area contributed by atoms with E-state index in [1.807, 2.05) is 6.07 Å². The lowest BCUT2D eigenvalue weighted by molar-refractivity contribution is 0.0699. The Balaban J connectivity index is 1.89. The molecular formula is C24H13ClFN5O2. The van der Waals surface area contributed by atoms with Crippen molar-refractivity contribution in [1.82, 2.24) is 19.5 Å². The Morgan fingerprint density at radius 3 is 2.64 bits per heavy atom. The number of hydrogen-bond acceptors (Lipinski definition) is 5. The van der Waals surface area contributed by atoms with Gasteiger partial charge in [-0.15, -0.1) is 0 Å². The molecule has 0 fully saturated rings. The Labute approximate surface area is 191 Å². The van der Waals surface area contributed by atoms with Gasteiger partial charge in [-0.25, -0.2) is 19.2 Å². The van der Waals surface area contributed by atoms with Gasteiger partial charge in [0.05, 0.1) is 32.7 Å². The first-order valence-electron chi connectivity index (χ1n) is 9.75. The Kier molecular flexibility index (Phi) is 4.77. The van der Waals surface area contributed by atoms with Gasteiger partial charge >= 0.3 is 5.97 Å². The Hall–Kier alpha value is -4.35. The number of carboxylic acids is 1. The average molecular weight is 458 g/mol. The molecule has 7 nitrogen and oxygen atoms in total. The predicted octanol–water partition coefficient (Wildman–Crippen LogP) is 5.31. The normalized spacial score (nSPS) is 11.1. The molecule has 0 radical (unpaired) electrons. The van der Waals surface area contributed by atoms with Crippen LogP contribution in [0.15, 0.2) is 54.9 Å². The molecule has 0 spiro atoms. The zero-order chi connectivity index (χ0) is 23.3. The monoisotopic (exact) mass is 457 g/mol. The molecule has 0 atom stereocenters. The second-order valence-corrected chi connectivity index (χ2v) is 7.72. The molecule has 0 bridgehead atoms. The van der Waals surface area contributed by atoms with Crippen molar-refractivity contribution >= 4 is 39.5 Å². The van der Waals surface area contributed by atoms with Crippen molar-refractivity contribution in [3.63, 3.8) is 0 Å². The lowest BCUT2D eigenvalue weighted by Gasteiger charge is -2.13. The third kappa shape index (κ3) is 3.26. The minimum Gasteiger partial charge on any atom is -0.478 e. The van der Waals surface area contributed by atoms with Gasteiger partial charge in [0.1, 0.15) is 28.9 Å². The smallest absolute Gasteiger partial charge is 0.337 e. The molecule has 33 heavy (non-hydrogen) atoms. The first-order valence-corrected chi connectivity index (χ1v) is 10.1. The number of halogens is 2. The first-order chi connectivity index (χ1) is 15.9. The van der Waals surface area contributed by atoms with Crippen LogP contribution in [0.5, 0.6) is 0 Å². The highest BCUT2D eigenvalue weighted by molar-refractivity contribution is 6.35. The van der Waals surface area contributed by atoms with Gasteiger partial charge in [0.15, 0.2) is 0 Å². The number of aryl methyl sites for hydroxylation is 1. The number of pyridine rings is 2. The van der Waals surface area contributed by atoms with E-state index in [0.29, 0.717) is 33.2 Å². The van der Waals surface area contributed by atoms with Gasteiger partial charge in [-0.1, -0.05) is 11.6 Å². The number of fused-ring (bicyclic) bond motifs is 2. The molecule has 2 aromatic carbocycles. The highest BCUT2D eigenvalue weighted by Crippen LogP contribution is 2.34. The summed E-state index contributed by atoms with van der Waals surface area (Å²) in [6.45, 7) is 1.71. The van der Waals surface area contributed by atoms with Gasteiger partial charge in [0.25, 0.3) is 0 Å². The summed E-state index contributed by atoms with van der Waals surface area (Å²) >= 11 is 6.26. The van der Waals surface area contributed by atoms with Gasteiger partial charge in [-0.2, -0.15) is 5.26 Å². The van der Waals surface area contributed by atoms with E-state index in [-0.39, 0.29) is 27.7 Å². The number of aromatic nitrogens is 4. The van der Waals surface area contributed by atoms with Crippen LogP contribution >= 0.6 is 11.6 Å². The number of nitriles is 1. The van der Waals surface area contributed by atoms with Crippen LogP contribution in [-0.4, -0.2) is 30.6 Å². The third-order valence-corrected chi connectivity index (χ3v) is 5.68. The maximum Gasteiger partial charge on any atom is 0.337 e. The third-order valence-electron chi connectivity index (χ3n) is 5.38. The summed E-state index contributed by atoms with van der Waals surface area (Å²) in [4.78, 5) is 24.8. The fourth-order valence-corrected chi connectivity index (χ4v) is 4.17. The molecule has 3 aromatic heterocycles. The molecule has 0 aliphatic carbocycles. The van der Waals surface area contributed by atoms with Crippen molar-refractivity contribution in [2.24, 2.45) is 0 Å². The van der Waals surface area contributed by atoms with Crippen LogP contribution in [0.4, 0.5) is 4.39 Å². The second kappa shape index (κ2) is 7.65. The van der Waals surface area contributed by atoms with E-state index in [9.17, 15) is 19.6 Å². The lowest BCUT2D eigenvalue weighted by Crippen LogP contribution is -2.02. The Bertz CT molecular complexity index is 1660. The van der Waals surface area contributed by atoms with E-state index >= 15 is 0 Å². The summed E-state index contributed by atoms with van der Waals surface area (Å²) in [5.41, 5.74) is 2.79. The van der Waals surface area contributed by atoms with Crippen molar-refractivity contribution < 1.29 is 14.3 Å². The molecule has 0 aliphatic heterocycles. The highest BCUT2D eigenvalue weighted by atomic mass is 35.5. The molecule has 0 amide bonds. The van der Waals surface area contributed by atoms with E-state index in [2.05, 4.69) is 15.0 Å². The molecule has 0 aliphatic rings. The Morgan fingerprint density at radius 2 is 1.88 bits per heavy atom. The van der Waals surface area contributed by atoms with Crippen molar-refractivity contribution in [2.45, 2.75) is 6.92 Å². The minimum absolute atomic E-state index is 0.0171. The maximum absolute atomic E-state index is 14.9. The highest BCUT2D eigenvalue weighted by Gasteiger charge is 2.21. The van der Waals surface area contributed by atoms with Crippen LogP contribution in [0, 0.1) is 24.1 Å². The van der Waals surface area contributed by atoms with Gasteiger partial charge in [0, 0.05) is 12.4 Å². The molecule has 160 valence electrons. The van der Waals surface area contributed by atoms with Gasteiger partial charge in [0.2, 0.25) is 0 Å². The SMILES string of the molecule is Cc1nc2c(C(=O)O)cc(-c3ccnc(C#N)c3)cc2n1-c1ccnc2c(Cl)ccc(F)c12. The van der Waals surface area contributed by atoms with Gasteiger partial charge < -0.3 is 5.11 Å². The molecule has 3 heterocycles. The number of benzene rings is 2. The predicted molar refractivity (Wildman–Crippen MR) is 121 cm³/mol. The zero-order valence-electron chi connectivity index (χ0n) is 17.0. The number of nitrogens with zero attached hydrogens (tertiary/aromatic N) is 5. The van der Waals surface area contributed by atoms with Crippen molar-refractivity contribution in [1.29, 1.82) is 5.26 Å². The van der Waals surface area contributed by atoms with Crippen molar-refractivity contribution in [3.05, 3.63) is 82.8 Å². The number of rotatable bonds is 3. The number of aromatic carboxylic acids is 1. The van der Waals surface area contributed by atoms with Crippen LogP contribution in [0.2, 0.25) is 5.02 Å². The maximum atomic E-state index is 14.9. The molecule has 5 rings (SSSR count). The van der Waals surface area contributed by atoms with E-state index in [4.69, 9.17) is 11.6 Å². The lowest BCUT2D eigenvalue weighted by atomic mass is 10.0. The van der Waals surface area contributed by atoms with E-state index in [0.717, 1.165) is 0 Å². The Morgan fingerprint density at radius 1 is 1.09 bits per heavy atom. The van der Waals surface area contributed by atoms with Gasteiger partial charge in [-0.05, 0) is 60.5 Å². The summed E-state index contributed by atoms with van der Waals surface area (Å²) in [6, 6.07) is 12.8. The standard InChI is InChI=1S/C24H13ClFN5O2/c1-12-30-22-16(24(32)33)9-14(13-4-6-28-15(8-13)11-27)10-20(22)31(12)19-5-7-29-23-17(25)2-3-18(26)21(19)23/h2-10H,1H3,(H,32,33). The topological polar surface area (TPSA) is 105 Å². The van der Waals surface area contributed by atoms with Crippen LogP contribution < -0.4 is 0 Å². The molecule has 0 saturated heterocycles. The van der Waals surface area contributed by atoms with Crippen molar-refractivity contribution in [2.75, 3.05) is 0 Å². The summed E-state index contributed by atoms with van der Waals surface area (Å²) in [5, 5.41) is 19.6. The molecular weight excluding hydrogens is 445 g/mol. The number of carboxylic acid groups (broad SMARTS) is 1. The largest absolute Gasteiger partial charge is 0.478 e. The molecule has 5 aromatic rings. The van der Waals surface area contributed by atoms with Crippen molar-refractivity contribution in [3.8, 4) is 22.9 Å². The number of carbonyl (C=O) groups is 1. The van der Waals surface area contributed by atoms with E-state index in [1.54, 1.807) is 35.8 Å². The molecule has 0 unspecified atom stereocenters. The minimum atomic E-state index is -1.16. The summed E-state index contributed by atoms with van der Waals surface area (Å²) in [5.74, 6) is -1.21. The number of hydrogen-bond donors (Lipinski definition) is 1. The zero-order valence-corrected chi connectivity index (χ0v) is 17.8. The summed E-state index contributed by atoms with van der Waals surface area (Å²) in [7, 11) is 0. The molecule has 0 saturated carbocycles. The quantitative estimate of drug-likeness (QED) is 0.394. The van der Waals surface area contributed by atoms with E-state index in [1.165, 1.54) is 30.6 Å². The summed E-state index contributed by atoms with van der Waals surface area (Å²) < 4.78 is 16.6.